The highest BCUT2D eigenvalue weighted by Crippen LogP contribution is 2.08. The van der Waals surface area contributed by atoms with E-state index in [2.05, 4.69) is 10.6 Å². The fourth-order valence-electron chi connectivity index (χ4n) is 2.89. The van der Waals surface area contributed by atoms with Gasteiger partial charge in [0.25, 0.3) is 5.91 Å². The van der Waals surface area contributed by atoms with E-state index in [4.69, 9.17) is 14.2 Å². The molecule has 1 atom stereocenters. The Bertz CT molecular complexity index is 786. The largest absolute Gasteiger partial charge is 0.454 e. The molecule has 1 aliphatic heterocycles. The molecular formula is C22H31N3O7. The zero-order chi connectivity index (χ0) is 23.6. The van der Waals surface area contributed by atoms with Gasteiger partial charge < -0.3 is 29.7 Å². The summed E-state index contributed by atoms with van der Waals surface area (Å²) >= 11 is 0. The molecule has 0 unspecified atom stereocenters. The molecule has 1 fully saturated rings. The Morgan fingerprint density at radius 1 is 1.00 bits per heavy atom. The molecule has 0 aliphatic carbocycles. The zero-order valence-corrected chi connectivity index (χ0v) is 18.7. The van der Waals surface area contributed by atoms with Crippen molar-refractivity contribution < 1.29 is 33.4 Å². The summed E-state index contributed by atoms with van der Waals surface area (Å²) in [5.74, 6) is -1.17. The SMILES string of the molecule is CC(C)(C)OC(=O)NC[C@@H](NC(=O)OCc1ccccc1)C(=O)OCC(=O)N1CCCC1. The molecule has 1 aromatic rings. The van der Waals surface area contributed by atoms with Crippen LogP contribution >= 0.6 is 0 Å². The molecule has 0 saturated carbocycles. The second kappa shape index (κ2) is 11.9. The minimum atomic E-state index is -1.27. The van der Waals surface area contributed by atoms with E-state index in [1.807, 2.05) is 6.07 Å². The Kier molecular flexibility index (Phi) is 9.30. The third kappa shape index (κ3) is 9.23. The number of nitrogens with one attached hydrogen (secondary N) is 2. The Balaban J connectivity index is 1.90. The average Bonchev–Trinajstić information content (AvgIpc) is 3.28. The summed E-state index contributed by atoms with van der Waals surface area (Å²) in [7, 11) is 0. The van der Waals surface area contributed by atoms with Gasteiger partial charge in [0.2, 0.25) is 0 Å². The molecule has 3 amide bonds. The van der Waals surface area contributed by atoms with Gasteiger partial charge in [0, 0.05) is 13.1 Å². The normalized spacial score (nSPS) is 14.3. The van der Waals surface area contributed by atoms with Crippen LogP contribution in [0.4, 0.5) is 9.59 Å². The lowest BCUT2D eigenvalue weighted by molar-refractivity contribution is -0.153. The molecule has 10 nitrogen and oxygen atoms in total. The molecule has 32 heavy (non-hydrogen) atoms. The monoisotopic (exact) mass is 449 g/mol. The van der Waals surface area contributed by atoms with Gasteiger partial charge in [0.1, 0.15) is 18.2 Å². The van der Waals surface area contributed by atoms with E-state index in [1.165, 1.54) is 0 Å². The van der Waals surface area contributed by atoms with Gasteiger partial charge >= 0.3 is 18.2 Å². The predicted molar refractivity (Wildman–Crippen MR) is 115 cm³/mol. The van der Waals surface area contributed by atoms with E-state index >= 15 is 0 Å². The van der Waals surface area contributed by atoms with Gasteiger partial charge in [-0.3, -0.25) is 4.79 Å². The van der Waals surface area contributed by atoms with Crippen molar-refractivity contribution in [1.29, 1.82) is 0 Å². The van der Waals surface area contributed by atoms with Crippen LogP contribution in [0.5, 0.6) is 0 Å². The molecule has 0 radical (unpaired) electrons. The van der Waals surface area contributed by atoms with Gasteiger partial charge in [0.05, 0.1) is 6.54 Å². The van der Waals surface area contributed by atoms with Gasteiger partial charge in [-0.1, -0.05) is 30.3 Å². The molecule has 10 heteroatoms. The van der Waals surface area contributed by atoms with E-state index in [0.717, 1.165) is 18.4 Å². The number of alkyl carbamates (subject to hydrolysis) is 2. The van der Waals surface area contributed by atoms with Gasteiger partial charge in [-0.25, -0.2) is 14.4 Å². The molecular weight excluding hydrogens is 418 g/mol. The highest BCUT2D eigenvalue weighted by atomic mass is 16.6. The number of nitrogens with zero attached hydrogens (tertiary/aromatic N) is 1. The molecule has 1 aromatic carbocycles. The zero-order valence-electron chi connectivity index (χ0n) is 18.7. The Morgan fingerprint density at radius 3 is 2.28 bits per heavy atom. The van der Waals surface area contributed by atoms with Crippen LogP contribution in [0, 0.1) is 0 Å². The Morgan fingerprint density at radius 2 is 1.66 bits per heavy atom. The number of carbonyl (C=O) groups excluding carboxylic acids is 4. The van der Waals surface area contributed by atoms with Crippen LogP contribution in [-0.2, 0) is 30.4 Å². The van der Waals surface area contributed by atoms with E-state index in [1.54, 1.807) is 49.9 Å². The van der Waals surface area contributed by atoms with Crippen LogP contribution in [-0.4, -0.2) is 66.8 Å². The molecule has 2 N–H and O–H groups in total. The first-order valence-electron chi connectivity index (χ1n) is 10.5. The lowest BCUT2D eigenvalue weighted by Gasteiger charge is -2.22. The standard InChI is InChI=1S/C22H31N3O7/c1-22(2,3)32-20(28)23-13-17(19(27)30-15-18(26)25-11-7-8-12-25)24-21(29)31-14-16-9-5-4-6-10-16/h4-6,9-10,17H,7-8,11-15H2,1-3H3,(H,23,28)(H,24,29)/t17-/m1/s1. The maximum Gasteiger partial charge on any atom is 0.408 e. The summed E-state index contributed by atoms with van der Waals surface area (Å²) < 4.78 is 15.3. The first-order valence-corrected chi connectivity index (χ1v) is 10.5. The van der Waals surface area contributed by atoms with Crippen molar-refractivity contribution in [2.75, 3.05) is 26.2 Å². The van der Waals surface area contributed by atoms with Gasteiger partial charge in [-0.2, -0.15) is 0 Å². The van der Waals surface area contributed by atoms with E-state index in [9.17, 15) is 19.2 Å². The molecule has 1 heterocycles. The summed E-state index contributed by atoms with van der Waals surface area (Å²) in [6.45, 7) is 5.61. The number of hydrogen-bond donors (Lipinski definition) is 2. The Hall–Kier alpha value is -3.30. The second-order valence-electron chi connectivity index (χ2n) is 8.34. The average molecular weight is 450 g/mol. The molecule has 2 rings (SSSR count). The molecule has 0 bridgehead atoms. The van der Waals surface area contributed by atoms with Crippen LogP contribution in [0.2, 0.25) is 0 Å². The molecule has 1 saturated heterocycles. The second-order valence-corrected chi connectivity index (χ2v) is 8.34. The fraction of sp³-hybridized carbons (Fsp3) is 0.545. The van der Waals surface area contributed by atoms with Crippen LogP contribution in [0.1, 0.15) is 39.2 Å². The maximum atomic E-state index is 12.5. The number of likely N-dealkylation sites (tertiary alicyclic amines) is 1. The highest BCUT2D eigenvalue weighted by Gasteiger charge is 2.27. The van der Waals surface area contributed by atoms with Crippen molar-refractivity contribution in [2.24, 2.45) is 0 Å². The minimum Gasteiger partial charge on any atom is -0.454 e. The number of esters is 1. The lowest BCUT2D eigenvalue weighted by Crippen LogP contribution is -2.50. The number of amides is 3. The van der Waals surface area contributed by atoms with Gasteiger partial charge in [-0.15, -0.1) is 0 Å². The first kappa shape index (κ1) is 25.0. The smallest absolute Gasteiger partial charge is 0.408 e. The maximum absolute atomic E-state index is 12.5. The van der Waals surface area contributed by atoms with Crippen molar-refractivity contribution >= 4 is 24.1 Å². The third-order valence-electron chi connectivity index (χ3n) is 4.44. The number of hydrogen-bond acceptors (Lipinski definition) is 7. The summed E-state index contributed by atoms with van der Waals surface area (Å²) in [4.78, 5) is 50.4. The molecule has 1 aliphatic rings. The predicted octanol–water partition coefficient (Wildman–Crippen LogP) is 1.97. The van der Waals surface area contributed by atoms with E-state index in [0.29, 0.717) is 13.1 Å². The van der Waals surface area contributed by atoms with E-state index in [-0.39, 0.29) is 19.1 Å². The van der Waals surface area contributed by atoms with Gasteiger partial charge in [0.15, 0.2) is 6.61 Å². The fourth-order valence-corrected chi connectivity index (χ4v) is 2.89. The minimum absolute atomic E-state index is 0.00137. The molecule has 176 valence electrons. The number of rotatable bonds is 8. The Labute approximate surface area is 187 Å². The van der Waals surface area contributed by atoms with Crippen LogP contribution < -0.4 is 10.6 Å². The van der Waals surface area contributed by atoms with Crippen molar-refractivity contribution in [1.82, 2.24) is 15.5 Å². The quantitative estimate of drug-likeness (QED) is 0.459. The van der Waals surface area contributed by atoms with Crippen LogP contribution in [0.3, 0.4) is 0 Å². The molecule has 0 aromatic heterocycles. The number of carbonyl (C=O) groups is 4. The number of ether oxygens (including phenoxy) is 3. The summed E-state index contributed by atoms with van der Waals surface area (Å²) in [6, 6.07) is 7.75. The van der Waals surface area contributed by atoms with Crippen LogP contribution in [0.15, 0.2) is 30.3 Å². The third-order valence-corrected chi connectivity index (χ3v) is 4.44. The molecule has 0 spiro atoms. The first-order chi connectivity index (χ1) is 15.1. The summed E-state index contributed by atoms with van der Waals surface area (Å²) in [5, 5.41) is 4.78. The summed E-state index contributed by atoms with van der Waals surface area (Å²) in [5.41, 5.74) is 0.0365. The van der Waals surface area contributed by atoms with Crippen molar-refractivity contribution in [3.63, 3.8) is 0 Å². The van der Waals surface area contributed by atoms with Crippen molar-refractivity contribution in [3.8, 4) is 0 Å². The van der Waals surface area contributed by atoms with Crippen LogP contribution in [0.25, 0.3) is 0 Å². The highest BCUT2D eigenvalue weighted by molar-refractivity contribution is 5.85. The van der Waals surface area contributed by atoms with Crippen molar-refractivity contribution in [2.45, 2.75) is 51.9 Å². The number of benzene rings is 1. The van der Waals surface area contributed by atoms with E-state index < -0.39 is 36.4 Å². The van der Waals surface area contributed by atoms with Gasteiger partial charge in [-0.05, 0) is 39.2 Å². The van der Waals surface area contributed by atoms with Crippen molar-refractivity contribution in [3.05, 3.63) is 35.9 Å². The lowest BCUT2D eigenvalue weighted by atomic mass is 10.2. The topological polar surface area (TPSA) is 123 Å². The summed E-state index contributed by atoms with van der Waals surface area (Å²) in [6.07, 6.45) is 0.198.